The van der Waals surface area contributed by atoms with E-state index in [0.717, 1.165) is 27.8 Å². The fourth-order valence-electron chi connectivity index (χ4n) is 1.46. The zero-order valence-electron chi connectivity index (χ0n) is 9.36. The first-order valence-corrected chi connectivity index (χ1v) is 5.94. The molecule has 0 N–H and O–H groups in total. The summed E-state index contributed by atoms with van der Waals surface area (Å²) in [6.45, 7) is 7.72. The second kappa shape index (κ2) is 4.49. The van der Waals surface area contributed by atoms with Crippen molar-refractivity contribution in [1.29, 1.82) is 0 Å². The lowest BCUT2D eigenvalue weighted by molar-refractivity contribution is 0.569. The number of hydrogen-bond donors (Lipinski definition) is 0. The van der Waals surface area contributed by atoms with E-state index in [9.17, 15) is 0 Å². The molecule has 2 nitrogen and oxygen atoms in total. The Labute approximate surface area is 99.0 Å². The molecule has 0 saturated carbocycles. The lowest BCUT2D eigenvalue weighted by Crippen LogP contribution is -1.72. The number of allylic oxidation sites excluding steroid dienone is 1. The zero-order chi connectivity index (χ0) is 11.5. The first-order valence-electron chi connectivity index (χ1n) is 5.06. The highest BCUT2D eigenvalue weighted by Crippen LogP contribution is 2.28. The van der Waals surface area contributed by atoms with Gasteiger partial charge in [-0.3, -0.25) is 0 Å². The van der Waals surface area contributed by atoms with Crippen molar-refractivity contribution in [3.05, 3.63) is 40.4 Å². The van der Waals surface area contributed by atoms with Crippen LogP contribution in [-0.4, -0.2) is 4.98 Å². The summed E-state index contributed by atoms with van der Waals surface area (Å²) in [5, 5.41) is 3.04. The van der Waals surface area contributed by atoms with Gasteiger partial charge in [0.1, 0.15) is 11.5 Å². The van der Waals surface area contributed by atoms with Gasteiger partial charge in [0.25, 0.3) is 0 Å². The van der Waals surface area contributed by atoms with Gasteiger partial charge in [0.2, 0.25) is 0 Å². The fraction of sp³-hybridized carbons (Fsp3) is 0.154. The number of hydrogen-bond acceptors (Lipinski definition) is 3. The van der Waals surface area contributed by atoms with Gasteiger partial charge in [-0.15, -0.1) is 11.3 Å². The predicted molar refractivity (Wildman–Crippen MR) is 69.4 cm³/mol. The van der Waals surface area contributed by atoms with Crippen LogP contribution < -0.4 is 0 Å². The van der Waals surface area contributed by atoms with Gasteiger partial charge in [-0.25, -0.2) is 4.98 Å². The Kier molecular flexibility index (Phi) is 3.06. The number of aryl methyl sites for hydroxylation is 1. The average molecular weight is 231 g/mol. The molecular weight excluding hydrogens is 218 g/mol. The lowest BCUT2D eigenvalue weighted by atomic mass is 10.2. The molecule has 0 aliphatic rings. The molecule has 0 radical (unpaired) electrons. The highest BCUT2D eigenvalue weighted by atomic mass is 32.1. The molecule has 0 bridgehead atoms. The van der Waals surface area contributed by atoms with E-state index in [0.29, 0.717) is 0 Å². The summed E-state index contributed by atoms with van der Waals surface area (Å²) in [5.74, 6) is 1.63. The maximum atomic E-state index is 5.73. The maximum Gasteiger partial charge on any atom is 0.154 e. The molecule has 0 unspecified atom stereocenters. The average Bonchev–Trinajstić information content (AvgIpc) is 2.85. The molecule has 2 aromatic heterocycles. The summed E-state index contributed by atoms with van der Waals surface area (Å²) in [6, 6.07) is 1.97. The minimum absolute atomic E-state index is 0.798. The zero-order valence-corrected chi connectivity index (χ0v) is 10.2. The lowest BCUT2D eigenvalue weighted by Gasteiger charge is -1.88. The van der Waals surface area contributed by atoms with Crippen LogP contribution >= 0.6 is 11.3 Å². The van der Waals surface area contributed by atoms with Crippen molar-refractivity contribution >= 4 is 23.5 Å². The van der Waals surface area contributed by atoms with Crippen LogP contribution in [0.5, 0.6) is 0 Å². The highest BCUT2D eigenvalue weighted by molar-refractivity contribution is 7.09. The highest BCUT2D eigenvalue weighted by Gasteiger charge is 2.10. The smallest absolute Gasteiger partial charge is 0.154 e. The summed E-state index contributed by atoms with van der Waals surface area (Å²) in [5.41, 5.74) is 1.89. The molecule has 0 saturated heterocycles. The van der Waals surface area contributed by atoms with E-state index >= 15 is 0 Å². The first kappa shape index (κ1) is 10.9. The Hall–Kier alpha value is -1.61. The van der Waals surface area contributed by atoms with Crippen LogP contribution in [0.15, 0.2) is 28.5 Å². The Morgan fingerprint density at radius 2 is 2.31 bits per heavy atom. The summed E-state index contributed by atoms with van der Waals surface area (Å²) in [4.78, 5) is 4.40. The molecule has 2 heterocycles. The van der Waals surface area contributed by atoms with Crippen LogP contribution in [0.1, 0.15) is 23.3 Å². The number of furan rings is 1. The van der Waals surface area contributed by atoms with Crippen molar-refractivity contribution in [1.82, 2.24) is 4.98 Å². The van der Waals surface area contributed by atoms with Gasteiger partial charge in [0.15, 0.2) is 5.76 Å². The van der Waals surface area contributed by atoms with Crippen molar-refractivity contribution in [3.8, 4) is 11.5 Å². The Morgan fingerprint density at radius 1 is 1.50 bits per heavy atom. The van der Waals surface area contributed by atoms with Crippen molar-refractivity contribution < 1.29 is 4.42 Å². The van der Waals surface area contributed by atoms with E-state index in [-0.39, 0.29) is 0 Å². The first-order chi connectivity index (χ1) is 7.74. The van der Waals surface area contributed by atoms with Crippen molar-refractivity contribution in [2.75, 3.05) is 0 Å². The summed E-state index contributed by atoms with van der Waals surface area (Å²) in [6.07, 6.45) is 5.67. The molecule has 82 valence electrons. The monoisotopic (exact) mass is 231 g/mol. The van der Waals surface area contributed by atoms with Gasteiger partial charge < -0.3 is 4.42 Å². The number of nitrogens with zero attached hydrogens (tertiary/aromatic N) is 1. The number of aromatic nitrogens is 1. The minimum Gasteiger partial charge on any atom is -0.454 e. The third-order valence-electron chi connectivity index (χ3n) is 2.20. The number of thiazole rings is 1. The summed E-state index contributed by atoms with van der Waals surface area (Å²) >= 11 is 1.62. The molecular formula is C13H13NOS. The molecule has 0 aliphatic heterocycles. The molecule has 0 aliphatic carbocycles. The third-order valence-corrected chi connectivity index (χ3v) is 2.97. The van der Waals surface area contributed by atoms with Crippen LogP contribution in [0.4, 0.5) is 0 Å². The largest absolute Gasteiger partial charge is 0.454 e. The molecule has 0 amide bonds. The molecule has 0 aromatic carbocycles. The Morgan fingerprint density at radius 3 is 2.88 bits per heavy atom. The molecule has 16 heavy (non-hydrogen) atoms. The van der Waals surface area contributed by atoms with Gasteiger partial charge in [0.05, 0.1) is 5.01 Å². The Bertz CT molecular complexity index is 534. The van der Waals surface area contributed by atoms with Gasteiger partial charge in [-0.05, 0) is 26.0 Å². The fourth-order valence-corrected chi connectivity index (χ4v) is 2.07. The van der Waals surface area contributed by atoms with Crippen LogP contribution in [0.2, 0.25) is 0 Å². The topological polar surface area (TPSA) is 26.0 Å². The minimum atomic E-state index is 0.798. The van der Waals surface area contributed by atoms with E-state index in [4.69, 9.17) is 4.42 Å². The molecule has 0 fully saturated rings. The van der Waals surface area contributed by atoms with Crippen LogP contribution in [-0.2, 0) is 0 Å². The second-order valence-corrected chi connectivity index (χ2v) is 4.45. The van der Waals surface area contributed by atoms with Crippen molar-refractivity contribution in [3.63, 3.8) is 0 Å². The molecule has 2 rings (SSSR count). The van der Waals surface area contributed by atoms with Crippen LogP contribution in [0, 0.1) is 6.92 Å². The summed E-state index contributed by atoms with van der Waals surface area (Å²) in [7, 11) is 0. The van der Waals surface area contributed by atoms with E-state index in [1.54, 1.807) is 17.4 Å². The van der Waals surface area contributed by atoms with Crippen molar-refractivity contribution in [2.24, 2.45) is 0 Å². The van der Waals surface area contributed by atoms with Crippen molar-refractivity contribution in [2.45, 2.75) is 13.8 Å². The third kappa shape index (κ3) is 1.99. The van der Waals surface area contributed by atoms with E-state index in [1.165, 1.54) is 0 Å². The molecule has 2 aromatic rings. The van der Waals surface area contributed by atoms with E-state index < -0.39 is 0 Å². The predicted octanol–water partition coefficient (Wildman–Crippen LogP) is 4.39. The molecule has 3 heteroatoms. The van der Waals surface area contributed by atoms with E-state index in [2.05, 4.69) is 11.6 Å². The van der Waals surface area contributed by atoms with Gasteiger partial charge >= 0.3 is 0 Å². The Balaban J connectivity index is 2.47. The standard InChI is InChI=1S/C13H13NOS/c1-4-6-12-10(5-2)7-13(15-12)11-8-16-9(3)14-11/h4-8H,2H2,1,3H3/b6-4-. The van der Waals surface area contributed by atoms with Gasteiger partial charge in [0, 0.05) is 10.9 Å². The SMILES string of the molecule is C=Cc1cc(-c2csc(C)n2)oc1/C=C\C. The normalized spacial score (nSPS) is 11.1. The maximum absolute atomic E-state index is 5.73. The molecule has 0 spiro atoms. The molecule has 0 atom stereocenters. The summed E-state index contributed by atoms with van der Waals surface area (Å²) < 4.78 is 5.73. The van der Waals surface area contributed by atoms with Crippen LogP contribution in [0.25, 0.3) is 23.6 Å². The van der Waals surface area contributed by atoms with E-state index in [1.807, 2.05) is 37.4 Å². The van der Waals surface area contributed by atoms with Gasteiger partial charge in [-0.2, -0.15) is 0 Å². The van der Waals surface area contributed by atoms with Gasteiger partial charge in [-0.1, -0.05) is 18.7 Å². The second-order valence-electron chi connectivity index (χ2n) is 3.39. The quantitative estimate of drug-likeness (QED) is 0.783. The van der Waals surface area contributed by atoms with Crippen LogP contribution in [0.3, 0.4) is 0 Å². The number of rotatable bonds is 3.